The minimum Gasteiger partial charge on any atom is -0.394 e. The van der Waals surface area contributed by atoms with Gasteiger partial charge in [-0.05, 0) is 12.8 Å². The Bertz CT molecular complexity index is 841. The van der Waals surface area contributed by atoms with E-state index < -0.39 is 36.9 Å². The lowest BCUT2D eigenvalue weighted by Crippen LogP contribution is -2.53. The zero-order chi connectivity index (χ0) is 44.5. The molecule has 0 aliphatic rings. The predicted molar refractivity (Wildman–Crippen MR) is 265 cm³/mol. The van der Waals surface area contributed by atoms with Crippen molar-refractivity contribution in [1.82, 2.24) is 5.32 Å². The molecule has 0 saturated carbocycles. The Morgan fingerprint density at radius 2 is 0.557 bits per heavy atom. The number of aliphatic hydroxyl groups excluding tert-OH is 4. The van der Waals surface area contributed by atoms with Gasteiger partial charge in [0.25, 0.3) is 0 Å². The summed E-state index contributed by atoms with van der Waals surface area (Å²) >= 11 is 0. The van der Waals surface area contributed by atoms with Gasteiger partial charge in [0.05, 0.1) is 18.8 Å². The maximum Gasteiger partial charge on any atom is 0.249 e. The molecule has 0 aromatic rings. The fraction of sp³-hybridized carbons (Fsp3) is 0.982. The van der Waals surface area contributed by atoms with Gasteiger partial charge in [-0.2, -0.15) is 0 Å². The molecule has 4 atom stereocenters. The first kappa shape index (κ1) is 60.3. The highest BCUT2D eigenvalue weighted by Crippen LogP contribution is 2.19. The summed E-state index contributed by atoms with van der Waals surface area (Å²) in [4.78, 5) is 12.6. The van der Waals surface area contributed by atoms with Crippen LogP contribution in [0.5, 0.6) is 0 Å². The van der Waals surface area contributed by atoms with Gasteiger partial charge in [0, 0.05) is 0 Å². The molecule has 366 valence electrons. The molecule has 0 aliphatic heterocycles. The molecule has 0 saturated heterocycles. The molecule has 0 rings (SSSR count). The quantitative estimate of drug-likeness (QED) is 0.0391. The maximum atomic E-state index is 12.6. The molecule has 0 fully saturated rings. The van der Waals surface area contributed by atoms with Crippen LogP contribution in [-0.2, 0) is 4.79 Å². The van der Waals surface area contributed by atoms with Crippen molar-refractivity contribution in [3.8, 4) is 0 Å². The average Bonchev–Trinajstić information content (AvgIpc) is 3.26. The summed E-state index contributed by atoms with van der Waals surface area (Å²) in [6.07, 6.45) is 57.5. The number of rotatable bonds is 52. The maximum absolute atomic E-state index is 12.6. The third-order valence-corrected chi connectivity index (χ3v) is 13.6. The molecule has 0 aromatic carbocycles. The monoisotopic (exact) mass is 866 g/mol. The van der Waals surface area contributed by atoms with Crippen molar-refractivity contribution in [3.05, 3.63) is 0 Å². The SMILES string of the molecule is CCCCCCCCCCCCCCCCCCCCCCCCCCCCCCCCCC(O)C(=O)NC(CO)C(O)C(O)CCCCCCCCCCCCCCCC. The van der Waals surface area contributed by atoms with Crippen LogP contribution < -0.4 is 5.32 Å². The fourth-order valence-corrected chi connectivity index (χ4v) is 9.17. The molecule has 6 nitrogen and oxygen atoms in total. The van der Waals surface area contributed by atoms with Gasteiger partial charge >= 0.3 is 0 Å². The Morgan fingerprint density at radius 1 is 0.344 bits per heavy atom. The standard InChI is InChI=1S/C55H111NO5/c1-3-5-7-9-11-13-15-17-19-20-21-22-23-24-25-26-27-28-29-30-31-32-33-34-35-37-39-41-43-45-47-49-53(59)55(61)56-51(50-57)54(60)52(58)48-46-44-42-40-38-36-18-16-14-12-10-8-6-4-2/h51-54,57-60H,3-50H2,1-2H3,(H,56,61). The van der Waals surface area contributed by atoms with Gasteiger partial charge in [0.1, 0.15) is 12.2 Å². The number of hydrogen-bond acceptors (Lipinski definition) is 5. The van der Waals surface area contributed by atoms with Crippen molar-refractivity contribution in [3.63, 3.8) is 0 Å². The van der Waals surface area contributed by atoms with E-state index in [1.165, 1.54) is 250 Å². The fourth-order valence-electron chi connectivity index (χ4n) is 9.17. The van der Waals surface area contributed by atoms with Crippen molar-refractivity contribution in [2.45, 2.75) is 340 Å². The van der Waals surface area contributed by atoms with Crippen LogP contribution in [0, 0.1) is 0 Å². The average molecular weight is 866 g/mol. The van der Waals surface area contributed by atoms with Crippen molar-refractivity contribution >= 4 is 5.91 Å². The van der Waals surface area contributed by atoms with Gasteiger partial charge in [-0.1, -0.05) is 303 Å². The van der Waals surface area contributed by atoms with Gasteiger partial charge in [-0.15, -0.1) is 0 Å². The number of carbonyl (C=O) groups is 1. The minimum absolute atomic E-state index is 0.376. The van der Waals surface area contributed by atoms with Crippen molar-refractivity contribution in [2.75, 3.05) is 6.61 Å². The molecular formula is C55H111NO5. The summed E-state index contributed by atoms with van der Waals surface area (Å²) in [5, 5.41) is 43.9. The summed E-state index contributed by atoms with van der Waals surface area (Å²) in [5.41, 5.74) is 0. The molecule has 0 spiro atoms. The molecule has 5 N–H and O–H groups in total. The molecule has 0 radical (unpaired) electrons. The summed E-state index contributed by atoms with van der Waals surface area (Å²) in [6.45, 7) is 4.08. The lowest BCUT2D eigenvalue weighted by Gasteiger charge is -2.27. The Labute approximate surface area is 381 Å². The smallest absolute Gasteiger partial charge is 0.249 e. The highest BCUT2D eigenvalue weighted by molar-refractivity contribution is 5.80. The largest absolute Gasteiger partial charge is 0.394 e. The molecule has 1 amide bonds. The van der Waals surface area contributed by atoms with Crippen LogP contribution in [0.25, 0.3) is 0 Å². The van der Waals surface area contributed by atoms with E-state index in [-0.39, 0.29) is 0 Å². The summed E-state index contributed by atoms with van der Waals surface area (Å²) in [5.74, 6) is -0.577. The van der Waals surface area contributed by atoms with E-state index >= 15 is 0 Å². The van der Waals surface area contributed by atoms with Crippen molar-refractivity contribution in [2.24, 2.45) is 0 Å². The lowest BCUT2D eigenvalue weighted by atomic mass is 9.99. The third kappa shape index (κ3) is 44.3. The van der Waals surface area contributed by atoms with Gasteiger partial charge in [-0.3, -0.25) is 4.79 Å². The molecule has 61 heavy (non-hydrogen) atoms. The molecule has 0 heterocycles. The highest BCUT2D eigenvalue weighted by Gasteiger charge is 2.28. The topological polar surface area (TPSA) is 110 Å². The molecule has 0 aliphatic carbocycles. The van der Waals surface area contributed by atoms with Gasteiger partial charge in [0.15, 0.2) is 0 Å². The number of unbranched alkanes of at least 4 members (excludes halogenated alkanes) is 43. The third-order valence-electron chi connectivity index (χ3n) is 13.6. The van der Waals surface area contributed by atoms with E-state index in [0.29, 0.717) is 12.8 Å². The first-order valence-corrected chi connectivity index (χ1v) is 27.9. The predicted octanol–water partition coefficient (Wildman–Crippen LogP) is 15.9. The summed E-state index contributed by atoms with van der Waals surface area (Å²) in [7, 11) is 0. The molecule has 0 bridgehead atoms. The van der Waals surface area contributed by atoms with Crippen LogP contribution >= 0.6 is 0 Å². The van der Waals surface area contributed by atoms with Crippen LogP contribution in [0.3, 0.4) is 0 Å². The Balaban J connectivity index is 3.52. The van der Waals surface area contributed by atoms with E-state index in [1.54, 1.807) is 0 Å². The molecular weight excluding hydrogens is 755 g/mol. The number of carbonyl (C=O) groups excluding carboxylic acids is 1. The first-order chi connectivity index (χ1) is 30.0. The van der Waals surface area contributed by atoms with Crippen LogP contribution in [0.1, 0.15) is 316 Å². The summed E-state index contributed by atoms with van der Waals surface area (Å²) < 4.78 is 0. The van der Waals surface area contributed by atoms with Crippen molar-refractivity contribution in [1.29, 1.82) is 0 Å². The first-order valence-electron chi connectivity index (χ1n) is 27.9. The highest BCUT2D eigenvalue weighted by atomic mass is 16.3. The van der Waals surface area contributed by atoms with E-state index in [4.69, 9.17) is 0 Å². The van der Waals surface area contributed by atoms with Crippen LogP contribution in [-0.4, -0.2) is 57.3 Å². The molecule has 4 unspecified atom stereocenters. The Morgan fingerprint density at radius 3 is 0.787 bits per heavy atom. The van der Waals surface area contributed by atoms with E-state index in [9.17, 15) is 25.2 Å². The van der Waals surface area contributed by atoms with Gasteiger partial charge in [0.2, 0.25) is 5.91 Å². The van der Waals surface area contributed by atoms with Crippen LogP contribution in [0.2, 0.25) is 0 Å². The number of aliphatic hydroxyl groups is 4. The molecule has 6 heteroatoms. The second-order valence-corrected chi connectivity index (χ2v) is 19.7. The zero-order valence-corrected chi connectivity index (χ0v) is 41.4. The van der Waals surface area contributed by atoms with Gasteiger partial charge in [-0.25, -0.2) is 0 Å². The zero-order valence-electron chi connectivity index (χ0n) is 41.4. The van der Waals surface area contributed by atoms with Gasteiger partial charge < -0.3 is 25.7 Å². The number of nitrogens with one attached hydrogen (secondary N) is 1. The second-order valence-electron chi connectivity index (χ2n) is 19.7. The number of amides is 1. The van der Waals surface area contributed by atoms with E-state index in [1.807, 2.05) is 0 Å². The van der Waals surface area contributed by atoms with Crippen LogP contribution in [0.15, 0.2) is 0 Å². The lowest BCUT2D eigenvalue weighted by molar-refractivity contribution is -0.132. The Kier molecular flexibility index (Phi) is 49.7. The Hall–Kier alpha value is -0.690. The minimum atomic E-state index is -1.25. The normalized spacial score (nSPS) is 13.7. The van der Waals surface area contributed by atoms with E-state index in [2.05, 4.69) is 19.2 Å². The van der Waals surface area contributed by atoms with Crippen LogP contribution in [0.4, 0.5) is 0 Å². The second kappa shape index (κ2) is 50.3. The molecule has 0 aromatic heterocycles. The van der Waals surface area contributed by atoms with Crippen molar-refractivity contribution < 1.29 is 25.2 Å². The number of hydrogen-bond donors (Lipinski definition) is 5. The van der Waals surface area contributed by atoms with E-state index in [0.717, 1.165) is 38.5 Å². The summed E-state index contributed by atoms with van der Waals surface area (Å²) in [6, 6.07) is -0.980.